The van der Waals surface area contributed by atoms with Gasteiger partial charge in [-0.15, -0.1) is 11.3 Å². The monoisotopic (exact) mass is 459 g/mol. The molecule has 3 aromatic rings. The van der Waals surface area contributed by atoms with Crippen LogP contribution in [0.5, 0.6) is 0 Å². The number of nitrogens with zero attached hydrogens (tertiary/aromatic N) is 2. The van der Waals surface area contributed by atoms with Gasteiger partial charge < -0.3 is 10.4 Å². The molecule has 0 fully saturated rings. The van der Waals surface area contributed by atoms with Crippen molar-refractivity contribution in [1.82, 2.24) is 9.88 Å². The predicted molar refractivity (Wildman–Crippen MR) is 117 cm³/mol. The van der Waals surface area contributed by atoms with Gasteiger partial charge in [-0.1, -0.05) is 17.7 Å². The number of aromatic nitrogens is 1. The standard InChI is InChI=1S/C22H19ClFN3O3S/c23-15-2-1-14(17(24)10-15)9-19(28)26-21-20(22(29)30)16-5-8-27(12-18(16)31-21)11-13-3-6-25-7-4-13/h1-4,6-7,10H,5,8-9,11-12H2,(H,26,28)(H,29,30). The first kappa shape index (κ1) is 21.4. The summed E-state index contributed by atoms with van der Waals surface area (Å²) in [5, 5.41) is 13.0. The van der Waals surface area contributed by atoms with Gasteiger partial charge in [-0.3, -0.25) is 14.7 Å². The summed E-state index contributed by atoms with van der Waals surface area (Å²) in [5.41, 5.74) is 2.22. The van der Waals surface area contributed by atoms with E-state index in [9.17, 15) is 19.1 Å². The first-order chi connectivity index (χ1) is 14.9. The van der Waals surface area contributed by atoms with Crippen molar-refractivity contribution in [3.8, 4) is 0 Å². The summed E-state index contributed by atoms with van der Waals surface area (Å²) < 4.78 is 14.0. The molecule has 0 saturated carbocycles. The Morgan fingerprint density at radius 2 is 2.03 bits per heavy atom. The van der Waals surface area contributed by atoms with Crippen molar-refractivity contribution in [2.24, 2.45) is 0 Å². The number of fused-ring (bicyclic) bond motifs is 1. The quantitative estimate of drug-likeness (QED) is 0.572. The number of nitrogens with one attached hydrogen (secondary N) is 1. The van der Waals surface area contributed by atoms with Crippen LogP contribution < -0.4 is 5.32 Å². The molecule has 0 spiro atoms. The molecule has 2 N–H and O–H groups in total. The van der Waals surface area contributed by atoms with Gasteiger partial charge in [-0.2, -0.15) is 0 Å². The van der Waals surface area contributed by atoms with Crippen LogP contribution in [0.15, 0.2) is 42.7 Å². The van der Waals surface area contributed by atoms with Crippen LogP contribution in [0.1, 0.15) is 31.9 Å². The number of carboxylic acid groups (broad SMARTS) is 1. The lowest BCUT2D eigenvalue weighted by molar-refractivity contribution is -0.115. The van der Waals surface area contributed by atoms with Crippen molar-refractivity contribution < 1.29 is 19.1 Å². The van der Waals surface area contributed by atoms with Gasteiger partial charge in [0.2, 0.25) is 5.91 Å². The third-order valence-electron chi connectivity index (χ3n) is 5.12. The topological polar surface area (TPSA) is 82.5 Å². The van der Waals surface area contributed by atoms with E-state index in [0.717, 1.165) is 35.2 Å². The molecule has 1 aromatic carbocycles. The largest absolute Gasteiger partial charge is 0.478 e. The molecule has 0 bridgehead atoms. The van der Waals surface area contributed by atoms with Crippen LogP contribution in [0.2, 0.25) is 5.02 Å². The highest BCUT2D eigenvalue weighted by Crippen LogP contribution is 2.37. The summed E-state index contributed by atoms with van der Waals surface area (Å²) in [7, 11) is 0. The third-order valence-corrected chi connectivity index (χ3v) is 6.49. The minimum Gasteiger partial charge on any atom is -0.478 e. The first-order valence-corrected chi connectivity index (χ1v) is 10.8. The molecule has 1 aliphatic rings. The number of carboxylic acids is 1. The van der Waals surface area contributed by atoms with Gasteiger partial charge in [0.05, 0.1) is 12.0 Å². The molecule has 1 aliphatic heterocycles. The molecule has 0 atom stereocenters. The molecular weight excluding hydrogens is 441 g/mol. The first-order valence-electron chi connectivity index (χ1n) is 9.63. The third kappa shape index (κ3) is 4.92. The fourth-order valence-electron chi connectivity index (χ4n) is 3.66. The van der Waals surface area contributed by atoms with E-state index >= 15 is 0 Å². The van der Waals surface area contributed by atoms with Crippen molar-refractivity contribution in [2.45, 2.75) is 25.9 Å². The maximum atomic E-state index is 14.0. The average Bonchev–Trinajstić information content (AvgIpc) is 3.08. The Hall–Kier alpha value is -2.81. The number of carbonyl (C=O) groups is 2. The number of carbonyl (C=O) groups excluding carboxylic acids is 1. The van der Waals surface area contributed by atoms with Gasteiger partial charge in [-0.05, 0) is 47.4 Å². The Morgan fingerprint density at radius 3 is 2.74 bits per heavy atom. The molecule has 6 nitrogen and oxygen atoms in total. The summed E-state index contributed by atoms with van der Waals surface area (Å²) in [4.78, 5) is 31.6. The van der Waals surface area contributed by atoms with E-state index in [1.807, 2.05) is 12.1 Å². The lowest BCUT2D eigenvalue weighted by Crippen LogP contribution is -2.29. The second-order valence-corrected chi connectivity index (χ2v) is 8.83. The minimum absolute atomic E-state index is 0.133. The number of anilines is 1. The number of halogens is 2. The van der Waals surface area contributed by atoms with Gasteiger partial charge in [0, 0.05) is 41.9 Å². The van der Waals surface area contributed by atoms with Crippen LogP contribution in [0.3, 0.4) is 0 Å². The molecule has 4 rings (SSSR count). The SMILES string of the molecule is O=C(Cc1ccc(Cl)cc1F)Nc1sc2c(c1C(=O)O)CCN(Cc1ccncc1)C2. The van der Waals surface area contributed by atoms with Crippen LogP contribution in [0.25, 0.3) is 0 Å². The Labute approximate surface area is 187 Å². The zero-order chi connectivity index (χ0) is 22.0. The Bertz CT molecular complexity index is 1140. The molecule has 3 heterocycles. The molecule has 160 valence electrons. The maximum Gasteiger partial charge on any atom is 0.339 e. The van der Waals surface area contributed by atoms with Crippen molar-refractivity contribution >= 4 is 39.8 Å². The molecule has 0 unspecified atom stereocenters. The number of rotatable bonds is 6. The van der Waals surface area contributed by atoms with E-state index in [2.05, 4.69) is 15.2 Å². The number of hydrogen-bond acceptors (Lipinski definition) is 5. The van der Waals surface area contributed by atoms with Gasteiger partial charge in [0.25, 0.3) is 0 Å². The number of thiophene rings is 1. The highest BCUT2D eigenvalue weighted by Gasteiger charge is 2.28. The van der Waals surface area contributed by atoms with E-state index in [1.54, 1.807) is 12.4 Å². The number of hydrogen-bond donors (Lipinski definition) is 2. The molecule has 0 radical (unpaired) electrons. The lowest BCUT2D eigenvalue weighted by Gasteiger charge is -2.26. The van der Waals surface area contributed by atoms with Crippen molar-refractivity contribution in [3.63, 3.8) is 0 Å². The van der Waals surface area contributed by atoms with Gasteiger partial charge in [0.1, 0.15) is 10.8 Å². The minimum atomic E-state index is -1.08. The molecule has 0 saturated heterocycles. The van der Waals surface area contributed by atoms with Crippen LogP contribution in [0.4, 0.5) is 9.39 Å². The van der Waals surface area contributed by atoms with Gasteiger partial charge >= 0.3 is 5.97 Å². The van der Waals surface area contributed by atoms with Gasteiger partial charge in [-0.25, -0.2) is 9.18 Å². The summed E-state index contributed by atoms with van der Waals surface area (Å²) >= 11 is 7.02. The predicted octanol–water partition coefficient (Wildman–Crippen LogP) is 4.37. The fourth-order valence-corrected chi connectivity index (χ4v) is 5.12. The molecule has 2 aromatic heterocycles. The van der Waals surface area contributed by atoms with Gasteiger partial charge in [0.15, 0.2) is 0 Å². The Morgan fingerprint density at radius 1 is 1.26 bits per heavy atom. The Balaban J connectivity index is 1.51. The molecule has 0 aliphatic carbocycles. The number of aromatic carboxylic acids is 1. The molecule has 1 amide bonds. The van der Waals surface area contributed by atoms with Crippen LogP contribution in [-0.2, 0) is 30.7 Å². The summed E-state index contributed by atoms with van der Waals surface area (Å²) in [5.74, 6) is -2.12. The van der Waals surface area contributed by atoms with Crippen LogP contribution >= 0.6 is 22.9 Å². The summed E-state index contributed by atoms with van der Waals surface area (Å²) in [6, 6.07) is 8.01. The number of pyridine rings is 1. The molecule has 9 heteroatoms. The second-order valence-electron chi connectivity index (χ2n) is 7.29. The van der Waals surface area contributed by atoms with E-state index in [0.29, 0.717) is 18.0 Å². The van der Waals surface area contributed by atoms with Crippen molar-refractivity contribution in [1.29, 1.82) is 0 Å². The maximum absolute atomic E-state index is 14.0. The fraction of sp³-hybridized carbons (Fsp3) is 0.227. The van der Waals surface area contributed by atoms with E-state index < -0.39 is 17.7 Å². The molecular formula is C22H19ClFN3O3S. The van der Waals surface area contributed by atoms with Crippen LogP contribution in [0, 0.1) is 5.82 Å². The zero-order valence-corrected chi connectivity index (χ0v) is 18.0. The Kier molecular flexibility index (Phi) is 6.31. The summed E-state index contributed by atoms with van der Waals surface area (Å²) in [6.45, 7) is 2.06. The zero-order valence-electron chi connectivity index (χ0n) is 16.4. The highest BCUT2D eigenvalue weighted by molar-refractivity contribution is 7.17. The van der Waals surface area contributed by atoms with E-state index in [-0.39, 0.29) is 22.6 Å². The van der Waals surface area contributed by atoms with Crippen LogP contribution in [-0.4, -0.2) is 33.4 Å². The smallest absolute Gasteiger partial charge is 0.339 e. The average molecular weight is 460 g/mol. The second kappa shape index (κ2) is 9.13. The van der Waals surface area contributed by atoms with Crippen molar-refractivity contribution in [2.75, 3.05) is 11.9 Å². The number of amides is 1. The molecule has 31 heavy (non-hydrogen) atoms. The lowest BCUT2D eigenvalue weighted by atomic mass is 10.0. The van der Waals surface area contributed by atoms with E-state index in [4.69, 9.17) is 11.6 Å². The normalized spacial score (nSPS) is 13.6. The summed E-state index contributed by atoms with van der Waals surface area (Å²) in [6.07, 6.45) is 3.87. The van der Waals surface area contributed by atoms with Crippen molar-refractivity contribution in [3.05, 3.63) is 80.7 Å². The highest BCUT2D eigenvalue weighted by atomic mass is 35.5. The number of benzene rings is 1. The van der Waals surface area contributed by atoms with E-state index in [1.165, 1.54) is 23.5 Å².